The summed E-state index contributed by atoms with van der Waals surface area (Å²) in [7, 11) is 0. The lowest BCUT2D eigenvalue weighted by Crippen LogP contribution is -2.16. The highest BCUT2D eigenvalue weighted by Gasteiger charge is 2.11. The lowest BCUT2D eigenvalue weighted by molar-refractivity contribution is -0.121. The van der Waals surface area contributed by atoms with Crippen LogP contribution in [0.5, 0.6) is 5.75 Å². The van der Waals surface area contributed by atoms with Crippen molar-refractivity contribution in [2.45, 2.75) is 58.3 Å². The summed E-state index contributed by atoms with van der Waals surface area (Å²) in [6.07, 6.45) is 10.3. The van der Waals surface area contributed by atoms with Crippen LogP contribution in [0.2, 0.25) is 0 Å². The van der Waals surface area contributed by atoms with Gasteiger partial charge in [0.1, 0.15) is 5.75 Å². The van der Waals surface area contributed by atoms with E-state index < -0.39 is 0 Å². The Bertz CT molecular complexity index is 835. The minimum Gasteiger partial charge on any atom is -0.423 e. The van der Waals surface area contributed by atoms with E-state index in [4.69, 9.17) is 4.74 Å². The highest BCUT2D eigenvalue weighted by Crippen LogP contribution is 2.17. The Morgan fingerprint density at radius 2 is 1.63 bits per heavy atom. The van der Waals surface area contributed by atoms with Crippen LogP contribution in [0.3, 0.4) is 0 Å². The molecule has 0 aromatic heterocycles. The second kappa shape index (κ2) is 13.9. The predicted molar refractivity (Wildman–Crippen MR) is 129 cm³/mol. The summed E-state index contributed by atoms with van der Waals surface area (Å²) in [4.78, 5) is 24.1. The van der Waals surface area contributed by atoms with Gasteiger partial charge in [0, 0.05) is 9.99 Å². The van der Waals surface area contributed by atoms with Gasteiger partial charge in [0.25, 0.3) is 0 Å². The Balaban J connectivity index is 1.70. The van der Waals surface area contributed by atoms with Crippen LogP contribution in [0.15, 0.2) is 53.6 Å². The highest BCUT2D eigenvalue weighted by atomic mass is 127. The van der Waals surface area contributed by atoms with E-state index in [1.54, 1.807) is 42.6 Å². The molecule has 1 N–H and O–H groups in total. The van der Waals surface area contributed by atoms with Crippen molar-refractivity contribution >= 4 is 40.7 Å². The molecule has 2 aromatic carbocycles. The molecule has 0 saturated carbocycles. The minimum atomic E-state index is -0.390. The molecule has 0 spiro atoms. The summed E-state index contributed by atoms with van der Waals surface area (Å²) >= 11 is 2.11. The smallest absolute Gasteiger partial charge is 0.344 e. The molecule has 0 saturated heterocycles. The fourth-order valence-electron chi connectivity index (χ4n) is 2.89. The Morgan fingerprint density at radius 3 is 2.33 bits per heavy atom. The zero-order valence-corrected chi connectivity index (χ0v) is 19.6. The molecule has 30 heavy (non-hydrogen) atoms. The zero-order chi connectivity index (χ0) is 21.6. The Hall–Kier alpha value is -2.22. The molecule has 0 heterocycles. The summed E-state index contributed by atoms with van der Waals surface area (Å²) in [5.74, 6) is 0.00152. The van der Waals surface area contributed by atoms with Crippen LogP contribution in [-0.2, 0) is 4.79 Å². The van der Waals surface area contributed by atoms with Gasteiger partial charge in [-0.1, -0.05) is 57.6 Å². The lowest BCUT2D eigenvalue weighted by Gasteiger charge is -2.06. The number of hydrogen-bond donors (Lipinski definition) is 1. The second-order valence-electron chi connectivity index (χ2n) is 7.10. The summed E-state index contributed by atoms with van der Waals surface area (Å²) in [5, 5.41) is 4.00. The number of hydrazone groups is 1. The Morgan fingerprint density at radius 1 is 0.967 bits per heavy atom. The summed E-state index contributed by atoms with van der Waals surface area (Å²) < 4.78 is 6.25. The van der Waals surface area contributed by atoms with Crippen molar-refractivity contribution in [1.82, 2.24) is 5.43 Å². The van der Waals surface area contributed by atoms with Crippen LogP contribution >= 0.6 is 22.6 Å². The van der Waals surface area contributed by atoms with Crippen molar-refractivity contribution < 1.29 is 14.3 Å². The van der Waals surface area contributed by atoms with Gasteiger partial charge in [-0.2, -0.15) is 5.10 Å². The molecule has 1 amide bonds. The number of esters is 1. The van der Waals surface area contributed by atoms with Crippen LogP contribution in [0, 0.1) is 3.57 Å². The first-order valence-electron chi connectivity index (χ1n) is 10.5. The monoisotopic (exact) mass is 520 g/mol. The van der Waals surface area contributed by atoms with Gasteiger partial charge in [-0.3, -0.25) is 4.79 Å². The Labute approximate surface area is 192 Å². The maximum atomic E-state index is 12.2. The first kappa shape index (κ1) is 24.1. The molecule has 0 atom stereocenters. The van der Waals surface area contributed by atoms with Crippen molar-refractivity contribution in [2.24, 2.45) is 5.10 Å². The van der Waals surface area contributed by atoms with E-state index >= 15 is 0 Å². The number of nitrogens with zero attached hydrogens (tertiary/aromatic N) is 1. The van der Waals surface area contributed by atoms with E-state index in [0.717, 1.165) is 22.0 Å². The van der Waals surface area contributed by atoms with Crippen molar-refractivity contribution in [3.63, 3.8) is 0 Å². The van der Waals surface area contributed by atoms with Gasteiger partial charge in [0.15, 0.2) is 0 Å². The predicted octanol–water partition coefficient (Wildman–Crippen LogP) is 6.10. The lowest BCUT2D eigenvalue weighted by atomic mass is 10.1. The second-order valence-corrected chi connectivity index (χ2v) is 8.27. The normalized spacial score (nSPS) is 10.9. The molecule has 0 unspecified atom stereocenters. The third kappa shape index (κ3) is 9.07. The van der Waals surface area contributed by atoms with Crippen LogP contribution in [-0.4, -0.2) is 18.1 Å². The van der Waals surface area contributed by atoms with E-state index in [-0.39, 0.29) is 11.9 Å². The zero-order valence-electron chi connectivity index (χ0n) is 17.4. The van der Waals surface area contributed by atoms with Crippen LogP contribution in [0.4, 0.5) is 0 Å². The molecule has 160 valence electrons. The maximum absolute atomic E-state index is 12.2. The number of halogens is 1. The first-order chi connectivity index (χ1) is 14.6. The standard InChI is InChI=1S/C24H29IN2O3/c1-2-3-4-5-6-7-8-13-23(28)27-26-18-19-14-16-20(17-15-19)30-24(29)21-11-9-10-12-22(21)25/h9-12,14-18H,2-8,13H2,1H3,(H,27,28)/b26-18-. The SMILES string of the molecule is CCCCCCCCCC(=O)N/N=C\c1ccc(OC(=O)c2ccccc2I)cc1. The first-order valence-corrected chi connectivity index (χ1v) is 11.6. The summed E-state index contributed by atoms with van der Waals surface area (Å²) in [6, 6.07) is 14.2. The molecule has 0 aliphatic rings. The van der Waals surface area contributed by atoms with Crippen LogP contribution in [0.25, 0.3) is 0 Å². The van der Waals surface area contributed by atoms with E-state index in [1.807, 2.05) is 12.1 Å². The fourth-order valence-corrected chi connectivity index (χ4v) is 3.50. The van der Waals surface area contributed by atoms with Crippen molar-refractivity contribution in [2.75, 3.05) is 0 Å². The number of hydrogen-bond acceptors (Lipinski definition) is 4. The molecule has 0 bridgehead atoms. The molecule has 0 aliphatic heterocycles. The molecule has 0 fully saturated rings. The fraction of sp³-hybridized carbons (Fsp3) is 0.375. The van der Waals surface area contributed by atoms with Gasteiger partial charge in [-0.15, -0.1) is 0 Å². The van der Waals surface area contributed by atoms with Gasteiger partial charge in [0.05, 0.1) is 11.8 Å². The van der Waals surface area contributed by atoms with Gasteiger partial charge in [-0.05, 0) is 71.0 Å². The number of rotatable bonds is 12. The number of unbranched alkanes of at least 4 members (excludes halogenated alkanes) is 6. The molecule has 6 heteroatoms. The van der Waals surface area contributed by atoms with Crippen molar-refractivity contribution in [3.8, 4) is 5.75 Å². The number of carbonyl (C=O) groups excluding carboxylic acids is 2. The van der Waals surface area contributed by atoms with Crippen LogP contribution in [0.1, 0.15) is 74.2 Å². The quantitative estimate of drug-likeness (QED) is 0.0919. The van der Waals surface area contributed by atoms with Gasteiger partial charge >= 0.3 is 5.97 Å². The number of amides is 1. The third-order valence-corrected chi connectivity index (χ3v) is 5.54. The maximum Gasteiger partial charge on any atom is 0.344 e. The molecule has 0 radical (unpaired) electrons. The summed E-state index contributed by atoms with van der Waals surface area (Å²) in [5.41, 5.74) is 3.90. The number of benzene rings is 2. The van der Waals surface area contributed by atoms with Gasteiger partial charge in [0.2, 0.25) is 5.91 Å². The molecule has 2 aromatic rings. The molecular weight excluding hydrogens is 491 g/mol. The van der Waals surface area contributed by atoms with Crippen molar-refractivity contribution in [1.29, 1.82) is 0 Å². The van der Waals surface area contributed by atoms with E-state index in [0.29, 0.717) is 17.7 Å². The third-order valence-electron chi connectivity index (χ3n) is 4.59. The minimum absolute atomic E-state index is 0.0668. The average molecular weight is 520 g/mol. The van der Waals surface area contributed by atoms with E-state index in [1.165, 1.54) is 32.1 Å². The summed E-state index contributed by atoms with van der Waals surface area (Å²) in [6.45, 7) is 2.21. The number of nitrogens with one attached hydrogen (secondary N) is 1. The highest BCUT2D eigenvalue weighted by molar-refractivity contribution is 14.1. The van der Waals surface area contributed by atoms with Gasteiger partial charge < -0.3 is 4.74 Å². The molecule has 0 aliphatic carbocycles. The average Bonchev–Trinajstić information content (AvgIpc) is 2.74. The van der Waals surface area contributed by atoms with Gasteiger partial charge in [-0.25, -0.2) is 10.2 Å². The number of ether oxygens (including phenoxy) is 1. The Kier molecular flexibility index (Phi) is 11.1. The van der Waals surface area contributed by atoms with E-state index in [9.17, 15) is 9.59 Å². The largest absolute Gasteiger partial charge is 0.423 e. The topological polar surface area (TPSA) is 67.8 Å². The van der Waals surface area contributed by atoms with Crippen LogP contribution < -0.4 is 10.2 Å². The van der Waals surface area contributed by atoms with Crippen molar-refractivity contribution in [3.05, 3.63) is 63.2 Å². The molecule has 2 rings (SSSR count). The number of carbonyl (C=O) groups is 2. The molecule has 5 nitrogen and oxygen atoms in total. The molecular formula is C24H29IN2O3. The van der Waals surface area contributed by atoms with E-state index in [2.05, 4.69) is 40.0 Å².